The van der Waals surface area contributed by atoms with Gasteiger partial charge in [0.05, 0.1) is 0 Å². The van der Waals surface area contributed by atoms with Gasteiger partial charge in [-0.3, -0.25) is 9.59 Å². The minimum atomic E-state index is -2.89. The van der Waals surface area contributed by atoms with Crippen molar-refractivity contribution < 1.29 is 23.1 Å². The standard InChI is InChI=1S/C18H14F2N2O3/c19-18(20)25-14-7-5-13(6-8-14)21-17(24)10-22-9-12(11-23)15-3-1-2-4-16(15)22/h1-9,11,18H,10H2,(H,21,24). The van der Waals surface area contributed by atoms with Crippen molar-refractivity contribution in [1.82, 2.24) is 4.57 Å². The monoisotopic (exact) mass is 344 g/mol. The number of para-hydroxylation sites is 1. The Morgan fingerprint density at radius 2 is 1.88 bits per heavy atom. The second-order valence-corrected chi connectivity index (χ2v) is 5.30. The van der Waals surface area contributed by atoms with E-state index in [0.29, 0.717) is 11.3 Å². The van der Waals surface area contributed by atoms with E-state index < -0.39 is 6.61 Å². The summed E-state index contributed by atoms with van der Waals surface area (Å²) in [7, 11) is 0. The number of aldehydes is 1. The number of amides is 1. The minimum absolute atomic E-state index is 0.0139. The fraction of sp³-hybridized carbons (Fsp3) is 0.111. The van der Waals surface area contributed by atoms with Crippen LogP contribution in [0.25, 0.3) is 10.9 Å². The van der Waals surface area contributed by atoms with Gasteiger partial charge in [0.1, 0.15) is 12.3 Å². The van der Waals surface area contributed by atoms with E-state index in [1.165, 1.54) is 24.3 Å². The number of carbonyl (C=O) groups is 2. The first-order valence-corrected chi connectivity index (χ1v) is 7.44. The van der Waals surface area contributed by atoms with E-state index in [9.17, 15) is 18.4 Å². The molecule has 1 heterocycles. The molecule has 0 aliphatic carbocycles. The molecule has 3 rings (SSSR count). The van der Waals surface area contributed by atoms with Crippen molar-refractivity contribution in [3.63, 3.8) is 0 Å². The summed E-state index contributed by atoms with van der Waals surface area (Å²) in [5, 5.41) is 3.45. The van der Waals surface area contributed by atoms with Crippen LogP contribution in [-0.2, 0) is 11.3 Å². The zero-order chi connectivity index (χ0) is 17.8. The number of nitrogens with one attached hydrogen (secondary N) is 1. The van der Waals surface area contributed by atoms with Crippen LogP contribution in [0.15, 0.2) is 54.7 Å². The van der Waals surface area contributed by atoms with Crippen LogP contribution >= 0.6 is 0 Å². The number of fused-ring (bicyclic) bond motifs is 1. The number of rotatable bonds is 6. The van der Waals surface area contributed by atoms with Crippen LogP contribution in [0.2, 0.25) is 0 Å². The molecule has 3 aromatic rings. The molecule has 0 aliphatic heterocycles. The third-order valence-electron chi connectivity index (χ3n) is 3.62. The summed E-state index contributed by atoms with van der Waals surface area (Å²) in [4.78, 5) is 23.4. The lowest BCUT2D eigenvalue weighted by atomic mass is 10.2. The predicted octanol–water partition coefficient (Wildman–Crippen LogP) is 3.69. The number of carbonyl (C=O) groups excluding carboxylic acids is 2. The number of halogens is 2. The summed E-state index contributed by atoms with van der Waals surface area (Å²) in [5.41, 5.74) is 1.75. The number of alkyl halides is 2. The van der Waals surface area contributed by atoms with Gasteiger partial charge in [-0.2, -0.15) is 8.78 Å². The first-order valence-electron chi connectivity index (χ1n) is 7.44. The molecule has 7 heteroatoms. The lowest BCUT2D eigenvalue weighted by Crippen LogP contribution is -2.18. The summed E-state index contributed by atoms with van der Waals surface area (Å²) in [5.74, 6) is -0.291. The molecule has 1 amide bonds. The van der Waals surface area contributed by atoms with Crippen LogP contribution in [0.3, 0.4) is 0 Å². The quantitative estimate of drug-likeness (QED) is 0.694. The van der Waals surface area contributed by atoms with Gasteiger partial charge >= 0.3 is 6.61 Å². The second-order valence-electron chi connectivity index (χ2n) is 5.30. The van der Waals surface area contributed by atoms with Gasteiger partial charge in [-0.25, -0.2) is 0 Å². The topological polar surface area (TPSA) is 60.3 Å². The maximum Gasteiger partial charge on any atom is 0.387 e. The molecule has 0 spiro atoms. The highest BCUT2D eigenvalue weighted by molar-refractivity contribution is 5.99. The van der Waals surface area contributed by atoms with Crippen LogP contribution in [-0.4, -0.2) is 23.4 Å². The predicted molar refractivity (Wildman–Crippen MR) is 89.0 cm³/mol. The summed E-state index contributed by atoms with van der Waals surface area (Å²) < 4.78 is 30.2. The van der Waals surface area contributed by atoms with Gasteiger partial charge in [-0.05, 0) is 30.3 Å². The molecule has 0 saturated carbocycles. The number of hydrogen-bond acceptors (Lipinski definition) is 3. The van der Waals surface area contributed by atoms with Crippen LogP contribution < -0.4 is 10.1 Å². The number of hydrogen-bond donors (Lipinski definition) is 1. The highest BCUT2D eigenvalue weighted by atomic mass is 19.3. The molecule has 0 bridgehead atoms. The number of aromatic nitrogens is 1. The Balaban J connectivity index is 1.72. The largest absolute Gasteiger partial charge is 0.435 e. The van der Waals surface area contributed by atoms with Crippen molar-refractivity contribution in [3.8, 4) is 5.75 Å². The molecule has 0 aliphatic rings. The molecule has 0 unspecified atom stereocenters. The van der Waals surface area contributed by atoms with Crippen molar-refractivity contribution in [2.75, 3.05) is 5.32 Å². The SMILES string of the molecule is O=Cc1cn(CC(=O)Nc2ccc(OC(F)F)cc2)c2ccccc12. The molecule has 128 valence electrons. The smallest absolute Gasteiger partial charge is 0.387 e. The van der Waals surface area contributed by atoms with Crippen LogP contribution in [0.5, 0.6) is 5.75 Å². The number of benzene rings is 2. The van der Waals surface area contributed by atoms with E-state index in [1.54, 1.807) is 10.8 Å². The van der Waals surface area contributed by atoms with E-state index in [2.05, 4.69) is 10.1 Å². The van der Waals surface area contributed by atoms with Crippen LogP contribution in [0.1, 0.15) is 10.4 Å². The highest BCUT2D eigenvalue weighted by Crippen LogP contribution is 2.21. The molecule has 0 radical (unpaired) electrons. The summed E-state index contributed by atoms with van der Waals surface area (Å²) >= 11 is 0. The van der Waals surface area contributed by atoms with Gasteiger partial charge in [0.15, 0.2) is 6.29 Å². The first-order chi connectivity index (χ1) is 12.1. The first kappa shape index (κ1) is 16.6. The van der Waals surface area contributed by atoms with E-state index in [1.807, 2.05) is 24.3 Å². The molecule has 1 N–H and O–H groups in total. The highest BCUT2D eigenvalue weighted by Gasteiger charge is 2.11. The summed E-state index contributed by atoms with van der Waals surface area (Å²) in [6, 6.07) is 12.9. The summed E-state index contributed by atoms with van der Waals surface area (Å²) in [6.45, 7) is -2.88. The average molecular weight is 344 g/mol. The van der Waals surface area contributed by atoms with Gasteiger partial charge < -0.3 is 14.6 Å². The maximum atomic E-state index is 12.2. The average Bonchev–Trinajstić information content (AvgIpc) is 2.94. The van der Waals surface area contributed by atoms with Crippen molar-refractivity contribution >= 4 is 28.8 Å². The molecular formula is C18H14F2N2O3. The lowest BCUT2D eigenvalue weighted by molar-refractivity contribution is -0.116. The molecule has 0 fully saturated rings. The van der Waals surface area contributed by atoms with Gasteiger partial charge in [0, 0.05) is 28.4 Å². The van der Waals surface area contributed by atoms with Crippen molar-refractivity contribution in [1.29, 1.82) is 0 Å². The summed E-state index contributed by atoms with van der Waals surface area (Å²) in [6.07, 6.45) is 2.37. The van der Waals surface area contributed by atoms with E-state index in [-0.39, 0.29) is 18.2 Å². The Kier molecular flexibility index (Phi) is 4.74. The molecular weight excluding hydrogens is 330 g/mol. The van der Waals surface area contributed by atoms with Gasteiger partial charge in [-0.15, -0.1) is 0 Å². The molecule has 1 aromatic heterocycles. The Bertz CT molecular complexity index is 904. The third kappa shape index (κ3) is 3.82. The Hall–Kier alpha value is -3.22. The van der Waals surface area contributed by atoms with Gasteiger partial charge in [-0.1, -0.05) is 18.2 Å². The zero-order valence-electron chi connectivity index (χ0n) is 13.0. The zero-order valence-corrected chi connectivity index (χ0v) is 13.0. The van der Waals surface area contributed by atoms with Crippen molar-refractivity contribution in [2.24, 2.45) is 0 Å². The molecule has 0 atom stereocenters. The number of nitrogens with zero attached hydrogens (tertiary/aromatic N) is 1. The molecule has 0 saturated heterocycles. The molecule has 25 heavy (non-hydrogen) atoms. The van der Waals surface area contributed by atoms with Gasteiger partial charge in [0.25, 0.3) is 0 Å². The minimum Gasteiger partial charge on any atom is -0.435 e. The van der Waals surface area contributed by atoms with Gasteiger partial charge in [0.2, 0.25) is 5.91 Å². The van der Waals surface area contributed by atoms with E-state index in [4.69, 9.17) is 0 Å². The fourth-order valence-electron chi connectivity index (χ4n) is 2.57. The normalized spacial score (nSPS) is 10.8. The Labute approximate surface area is 141 Å². The fourth-order valence-corrected chi connectivity index (χ4v) is 2.57. The maximum absolute atomic E-state index is 12.2. The van der Waals surface area contributed by atoms with Crippen molar-refractivity contribution in [3.05, 3.63) is 60.3 Å². The van der Waals surface area contributed by atoms with Crippen LogP contribution in [0.4, 0.5) is 14.5 Å². The number of ether oxygens (including phenoxy) is 1. The molecule has 5 nitrogen and oxygen atoms in total. The third-order valence-corrected chi connectivity index (χ3v) is 3.62. The van der Waals surface area contributed by atoms with E-state index in [0.717, 1.165) is 17.2 Å². The Morgan fingerprint density at radius 3 is 2.56 bits per heavy atom. The molecule has 2 aromatic carbocycles. The van der Waals surface area contributed by atoms with E-state index >= 15 is 0 Å². The second kappa shape index (κ2) is 7.12. The van der Waals surface area contributed by atoms with Crippen LogP contribution in [0, 0.1) is 0 Å². The van der Waals surface area contributed by atoms with Crippen molar-refractivity contribution in [2.45, 2.75) is 13.2 Å². The number of anilines is 1. The Morgan fingerprint density at radius 1 is 1.16 bits per heavy atom. The lowest BCUT2D eigenvalue weighted by Gasteiger charge is -2.09.